The lowest BCUT2D eigenvalue weighted by atomic mass is 10.0. The SMILES string of the molecule is CCNC(=NCC(c1ccc(C)cc1)N1CCCC1)NC(C)CCS(C)(=O)=O. The number of hydrogen-bond donors (Lipinski definition) is 2. The highest BCUT2D eigenvalue weighted by atomic mass is 32.2. The summed E-state index contributed by atoms with van der Waals surface area (Å²) in [6, 6.07) is 9.06. The first-order valence-corrected chi connectivity index (χ1v) is 12.4. The average Bonchev–Trinajstić information content (AvgIpc) is 3.15. The van der Waals surface area contributed by atoms with Gasteiger partial charge in [-0.25, -0.2) is 8.42 Å². The van der Waals surface area contributed by atoms with Crippen molar-refractivity contribution in [3.63, 3.8) is 0 Å². The Morgan fingerprint density at radius 1 is 1.21 bits per heavy atom. The van der Waals surface area contributed by atoms with Crippen LogP contribution in [0.1, 0.15) is 50.3 Å². The average molecular weight is 409 g/mol. The van der Waals surface area contributed by atoms with E-state index in [0.29, 0.717) is 13.0 Å². The second-order valence-electron chi connectivity index (χ2n) is 7.85. The molecule has 28 heavy (non-hydrogen) atoms. The molecule has 2 atom stereocenters. The van der Waals surface area contributed by atoms with Crippen LogP contribution in [-0.4, -0.2) is 63.5 Å². The molecule has 2 rings (SSSR count). The Hall–Kier alpha value is -1.60. The maximum atomic E-state index is 11.4. The van der Waals surface area contributed by atoms with E-state index >= 15 is 0 Å². The van der Waals surface area contributed by atoms with Crippen molar-refractivity contribution < 1.29 is 8.42 Å². The fourth-order valence-electron chi connectivity index (χ4n) is 3.47. The number of sulfone groups is 1. The topological polar surface area (TPSA) is 73.8 Å². The highest BCUT2D eigenvalue weighted by Crippen LogP contribution is 2.25. The maximum absolute atomic E-state index is 11.4. The quantitative estimate of drug-likeness (QED) is 0.485. The van der Waals surface area contributed by atoms with Gasteiger partial charge in [0.05, 0.1) is 18.3 Å². The molecule has 158 valence electrons. The van der Waals surface area contributed by atoms with Crippen LogP contribution in [0.3, 0.4) is 0 Å². The van der Waals surface area contributed by atoms with Gasteiger partial charge in [-0.3, -0.25) is 9.89 Å². The van der Waals surface area contributed by atoms with Crippen molar-refractivity contribution in [1.82, 2.24) is 15.5 Å². The van der Waals surface area contributed by atoms with E-state index in [1.165, 1.54) is 30.2 Å². The Bertz CT molecular complexity index is 725. The molecule has 0 radical (unpaired) electrons. The normalized spacial score (nSPS) is 18.1. The number of rotatable bonds is 9. The summed E-state index contributed by atoms with van der Waals surface area (Å²) in [5, 5.41) is 6.64. The molecule has 0 bridgehead atoms. The number of benzene rings is 1. The monoisotopic (exact) mass is 408 g/mol. The van der Waals surface area contributed by atoms with Gasteiger partial charge in [0.15, 0.2) is 5.96 Å². The van der Waals surface area contributed by atoms with Crippen molar-refractivity contribution in [2.45, 2.75) is 52.1 Å². The van der Waals surface area contributed by atoms with E-state index in [4.69, 9.17) is 4.99 Å². The van der Waals surface area contributed by atoms with Gasteiger partial charge in [-0.05, 0) is 58.7 Å². The molecule has 2 unspecified atom stereocenters. The van der Waals surface area contributed by atoms with Crippen molar-refractivity contribution in [2.75, 3.05) is 38.2 Å². The highest BCUT2D eigenvalue weighted by Gasteiger charge is 2.23. The molecule has 0 spiro atoms. The van der Waals surface area contributed by atoms with Crippen LogP contribution in [0.5, 0.6) is 0 Å². The van der Waals surface area contributed by atoms with Gasteiger partial charge in [0, 0.05) is 18.8 Å². The lowest BCUT2D eigenvalue weighted by Crippen LogP contribution is -2.43. The zero-order chi connectivity index (χ0) is 20.6. The Kier molecular flexibility index (Phi) is 8.76. The summed E-state index contributed by atoms with van der Waals surface area (Å²) in [5.74, 6) is 0.931. The van der Waals surface area contributed by atoms with Crippen molar-refractivity contribution in [1.29, 1.82) is 0 Å². The molecule has 0 saturated carbocycles. The molecule has 1 heterocycles. The lowest BCUT2D eigenvalue weighted by molar-refractivity contribution is 0.251. The Morgan fingerprint density at radius 2 is 1.86 bits per heavy atom. The van der Waals surface area contributed by atoms with Gasteiger partial charge in [0.25, 0.3) is 0 Å². The van der Waals surface area contributed by atoms with Gasteiger partial charge in [0.2, 0.25) is 0 Å². The predicted octanol–water partition coefficient (Wildman–Crippen LogP) is 2.51. The second kappa shape index (κ2) is 10.8. The molecule has 1 aromatic rings. The largest absolute Gasteiger partial charge is 0.357 e. The van der Waals surface area contributed by atoms with Crippen LogP contribution in [0, 0.1) is 6.92 Å². The summed E-state index contributed by atoms with van der Waals surface area (Å²) in [6.45, 7) is 9.82. The van der Waals surface area contributed by atoms with E-state index < -0.39 is 9.84 Å². The van der Waals surface area contributed by atoms with Crippen molar-refractivity contribution in [3.8, 4) is 0 Å². The molecule has 2 N–H and O–H groups in total. The molecular weight excluding hydrogens is 372 g/mol. The molecule has 7 heteroatoms. The molecule has 0 aliphatic carbocycles. The van der Waals surface area contributed by atoms with Gasteiger partial charge < -0.3 is 10.6 Å². The summed E-state index contributed by atoms with van der Waals surface area (Å²) in [7, 11) is -2.95. The van der Waals surface area contributed by atoms with E-state index in [2.05, 4.69) is 46.7 Å². The van der Waals surface area contributed by atoms with Gasteiger partial charge in [-0.1, -0.05) is 29.8 Å². The minimum absolute atomic E-state index is 0.0390. The van der Waals surface area contributed by atoms with Crippen LogP contribution in [0.4, 0.5) is 0 Å². The first kappa shape index (κ1) is 22.7. The van der Waals surface area contributed by atoms with Crippen molar-refractivity contribution in [3.05, 3.63) is 35.4 Å². The first-order valence-electron chi connectivity index (χ1n) is 10.3. The molecule has 1 aliphatic heterocycles. The zero-order valence-electron chi connectivity index (χ0n) is 17.7. The third-order valence-electron chi connectivity index (χ3n) is 5.11. The lowest BCUT2D eigenvalue weighted by Gasteiger charge is -2.27. The zero-order valence-corrected chi connectivity index (χ0v) is 18.6. The molecule has 1 fully saturated rings. The summed E-state index contributed by atoms with van der Waals surface area (Å²) in [4.78, 5) is 7.36. The van der Waals surface area contributed by atoms with Gasteiger partial charge in [-0.2, -0.15) is 0 Å². The summed E-state index contributed by atoms with van der Waals surface area (Å²) in [6.07, 6.45) is 4.33. The number of aliphatic imine (C=N–C) groups is 1. The molecule has 1 saturated heterocycles. The van der Waals surface area contributed by atoms with E-state index in [9.17, 15) is 8.42 Å². The first-order chi connectivity index (χ1) is 13.3. The van der Waals surface area contributed by atoms with Crippen LogP contribution in [0.25, 0.3) is 0 Å². The molecule has 0 amide bonds. The van der Waals surface area contributed by atoms with E-state index in [1.54, 1.807) is 0 Å². The minimum Gasteiger partial charge on any atom is -0.357 e. The molecule has 0 aromatic heterocycles. The number of guanidine groups is 1. The molecule has 6 nitrogen and oxygen atoms in total. The third kappa shape index (κ3) is 7.80. The smallest absolute Gasteiger partial charge is 0.191 e. The van der Waals surface area contributed by atoms with Crippen LogP contribution in [-0.2, 0) is 9.84 Å². The Morgan fingerprint density at radius 3 is 2.43 bits per heavy atom. The summed E-state index contributed by atoms with van der Waals surface area (Å²) in [5.41, 5.74) is 2.57. The molecule has 1 aliphatic rings. The van der Waals surface area contributed by atoms with E-state index in [-0.39, 0.29) is 17.8 Å². The van der Waals surface area contributed by atoms with Crippen LogP contribution >= 0.6 is 0 Å². The number of nitrogens with one attached hydrogen (secondary N) is 2. The third-order valence-corrected chi connectivity index (χ3v) is 6.09. The number of aryl methyl sites for hydroxylation is 1. The molecule has 1 aromatic carbocycles. The Labute approximate surface area is 170 Å². The minimum atomic E-state index is -2.95. The van der Waals surface area contributed by atoms with Crippen LogP contribution in [0.15, 0.2) is 29.3 Å². The number of likely N-dealkylation sites (tertiary alicyclic amines) is 1. The fraction of sp³-hybridized carbons (Fsp3) is 0.667. The van der Waals surface area contributed by atoms with Gasteiger partial charge >= 0.3 is 0 Å². The maximum Gasteiger partial charge on any atom is 0.191 e. The van der Waals surface area contributed by atoms with Crippen LogP contribution in [0.2, 0.25) is 0 Å². The highest BCUT2D eigenvalue weighted by molar-refractivity contribution is 7.90. The predicted molar refractivity (Wildman–Crippen MR) is 118 cm³/mol. The van der Waals surface area contributed by atoms with E-state index in [1.807, 2.05) is 13.8 Å². The van der Waals surface area contributed by atoms with E-state index in [0.717, 1.165) is 25.6 Å². The second-order valence-corrected chi connectivity index (χ2v) is 10.1. The van der Waals surface area contributed by atoms with Crippen molar-refractivity contribution >= 4 is 15.8 Å². The van der Waals surface area contributed by atoms with Gasteiger partial charge in [0.1, 0.15) is 9.84 Å². The standard InChI is InChI=1S/C21H36N4O2S/c1-5-22-21(24-18(3)12-15-28(4,26)27)23-16-20(25-13-6-7-14-25)19-10-8-17(2)9-11-19/h8-11,18,20H,5-7,12-16H2,1-4H3,(H2,22,23,24). The van der Waals surface area contributed by atoms with Crippen LogP contribution < -0.4 is 10.6 Å². The molecular formula is C21H36N4O2S. The Balaban J connectivity index is 2.08. The van der Waals surface area contributed by atoms with Gasteiger partial charge in [-0.15, -0.1) is 0 Å². The van der Waals surface area contributed by atoms with Crippen molar-refractivity contribution in [2.24, 2.45) is 4.99 Å². The summed E-state index contributed by atoms with van der Waals surface area (Å²) < 4.78 is 22.8. The number of hydrogen-bond acceptors (Lipinski definition) is 4. The number of nitrogens with zero attached hydrogens (tertiary/aromatic N) is 2. The fourth-order valence-corrected chi connectivity index (χ4v) is 4.25. The summed E-state index contributed by atoms with van der Waals surface area (Å²) >= 11 is 0.